The summed E-state index contributed by atoms with van der Waals surface area (Å²) in [5, 5.41) is 0. The number of ether oxygens (including phenoxy) is 1. The van der Waals surface area contributed by atoms with E-state index in [9.17, 15) is 4.79 Å². The van der Waals surface area contributed by atoms with Gasteiger partial charge in [0.1, 0.15) is 6.10 Å². The number of ketones is 1. The Kier molecular flexibility index (Phi) is 4.32. The third-order valence-corrected chi connectivity index (χ3v) is 2.02. The molecule has 0 spiro atoms. The number of hydrogen-bond donors (Lipinski definition) is 0. The van der Waals surface area contributed by atoms with Crippen molar-refractivity contribution < 1.29 is 9.53 Å². The zero-order chi connectivity index (χ0) is 11.6. The predicted octanol–water partition coefficient (Wildman–Crippen LogP) is 3.05. The maximum Gasteiger partial charge on any atom is 0.162 e. The van der Waals surface area contributed by atoms with Gasteiger partial charge in [-0.15, -0.1) is 0 Å². The van der Waals surface area contributed by atoms with Crippen LogP contribution < -0.4 is 0 Å². The lowest BCUT2D eigenvalue weighted by atomic mass is 9.80. The molecule has 2 nitrogen and oxygen atoms in total. The fourth-order valence-electron chi connectivity index (χ4n) is 1.58. The Morgan fingerprint density at radius 3 is 1.79 bits per heavy atom. The Bertz CT molecular complexity index is 193. The minimum absolute atomic E-state index is 0.0408. The third-order valence-electron chi connectivity index (χ3n) is 2.02. The Balaban J connectivity index is 4.50. The van der Waals surface area contributed by atoms with E-state index < -0.39 is 0 Å². The van der Waals surface area contributed by atoms with E-state index in [0.717, 1.165) is 0 Å². The molecule has 0 fully saturated rings. The van der Waals surface area contributed by atoms with Gasteiger partial charge in [0.05, 0.1) is 0 Å². The van der Waals surface area contributed by atoms with E-state index in [2.05, 4.69) is 20.8 Å². The van der Waals surface area contributed by atoms with Gasteiger partial charge in [-0.1, -0.05) is 41.5 Å². The SMILES string of the molecule is COC(C(=O)CC(C)(C)C)C(C)(C)C. The highest BCUT2D eigenvalue weighted by Gasteiger charge is 2.32. The molecule has 2 heteroatoms. The van der Waals surface area contributed by atoms with Gasteiger partial charge in [0.25, 0.3) is 0 Å². The summed E-state index contributed by atoms with van der Waals surface area (Å²) in [4.78, 5) is 11.9. The average molecular weight is 200 g/mol. The van der Waals surface area contributed by atoms with Crippen molar-refractivity contribution in [3.63, 3.8) is 0 Å². The van der Waals surface area contributed by atoms with Crippen LogP contribution in [-0.2, 0) is 9.53 Å². The van der Waals surface area contributed by atoms with Gasteiger partial charge in [0.15, 0.2) is 5.78 Å². The number of rotatable bonds is 3. The van der Waals surface area contributed by atoms with Gasteiger partial charge in [-0.2, -0.15) is 0 Å². The molecule has 1 atom stereocenters. The second-order valence-corrected chi connectivity index (χ2v) is 6.19. The van der Waals surface area contributed by atoms with Crippen molar-refractivity contribution in [3.05, 3.63) is 0 Å². The Labute approximate surface area is 88.0 Å². The summed E-state index contributed by atoms with van der Waals surface area (Å²) in [5.41, 5.74) is -0.0732. The molecule has 0 aliphatic rings. The molecule has 0 radical (unpaired) electrons. The Morgan fingerprint density at radius 2 is 1.57 bits per heavy atom. The van der Waals surface area contributed by atoms with E-state index in [1.807, 2.05) is 20.8 Å². The number of hydrogen-bond acceptors (Lipinski definition) is 2. The van der Waals surface area contributed by atoms with Crippen molar-refractivity contribution in [3.8, 4) is 0 Å². The molecule has 0 aromatic rings. The number of methoxy groups -OCH3 is 1. The normalized spacial score (nSPS) is 15.4. The summed E-state index contributed by atoms with van der Waals surface area (Å²) in [7, 11) is 1.61. The molecule has 0 rings (SSSR count). The fourth-order valence-corrected chi connectivity index (χ4v) is 1.58. The Morgan fingerprint density at radius 1 is 1.14 bits per heavy atom. The summed E-state index contributed by atoms with van der Waals surface area (Å²) >= 11 is 0. The number of carbonyl (C=O) groups excluding carboxylic acids is 1. The molecule has 0 aliphatic carbocycles. The minimum Gasteiger partial charge on any atom is -0.373 e. The van der Waals surface area contributed by atoms with Gasteiger partial charge in [-0.3, -0.25) is 4.79 Å². The van der Waals surface area contributed by atoms with E-state index in [4.69, 9.17) is 4.74 Å². The molecule has 84 valence electrons. The van der Waals surface area contributed by atoms with Gasteiger partial charge in [-0.25, -0.2) is 0 Å². The standard InChI is InChI=1S/C12H24O2/c1-11(2,3)8-9(13)10(14-7)12(4,5)6/h10H,8H2,1-7H3. The molecule has 0 aliphatic heterocycles. The van der Waals surface area contributed by atoms with Crippen LogP contribution in [0.5, 0.6) is 0 Å². The molecule has 0 saturated carbocycles. The monoisotopic (exact) mass is 200 g/mol. The van der Waals surface area contributed by atoms with Crippen LogP contribution in [0.1, 0.15) is 48.0 Å². The highest BCUT2D eigenvalue weighted by atomic mass is 16.5. The molecule has 0 aromatic heterocycles. The van der Waals surface area contributed by atoms with Crippen molar-refractivity contribution in [2.45, 2.75) is 54.1 Å². The molecule has 1 unspecified atom stereocenters. The molecule has 0 amide bonds. The van der Waals surface area contributed by atoms with Crippen LogP contribution in [-0.4, -0.2) is 19.0 Å². The van der Waals surface area contributed by atoms with Crippen molar-refractivity contribution in [2.24, 2.45) is 10.8 Å². The first-order valence-corrected chi connectivity index (χ1v) is 5.13. The summed E-state index contributed by atoms with van der Waals surface area (Å²) in [6.07, 6.45) is 0.282. The smallest absolute Gasteiger partial charge is 0.162 e. The summed E-state index contributed by atoms with van der Waals surface area (Å²) in [6.45, 7) is 12.3. The van der Waals surface area contributed by atoms with E-state index in [1.54, 1.807) is 7.11 Å². The first kappa shape index (κ1) is 13.6. The van der Waals surface area contributed by atoms with Gasteiger partial charge in [-0.05, 0) is 10.8 Å². The quantitative estimate of drug-likeness (QED) is 0.700. The molecular weight excluding hydrogens is 176 g/mol. The zero-order valence-corrected chi connectivity index (χ0v) is 10.6. The molecular formula is C12H24O2. The van der Waals surface area contributed by atoms with Crippen LogP contribution in [0, 0.1) is 10.8 Å². The second-order valence-electron chi connectivity index (χ2n) is 6.19. The van der Waals surface area contributed by atoms with Crippen molar-refractivity contribution in [2.75, 3.05) is 7.11 Å². The molecule has 0 bridgehead atoms. The van der Waals surface area contributed by atoms with Crippen molar-refractivity contribution >= 4 is 5.78 Å². The van der Waals surface area contributed by atoms with Crippen molar-refractivity contribution in [1.29, 1.82) is 0 Å². The van der Waals surface area contributed by atoms with E-state index in [0.29, 0.717) is 6.42 Å². The molecule has 0 aromatic carbocycles. The third kappa shape index (κ3) is 4.75. The number of Topliss-reactive ketones (excluding diaryl/α,β-unsaturated/α-hetero) is 1. The van der Waals surface area contributed by atoms with Crippen LogP contribution in [0.15, 0.2) is 0 Å². The maximum absolute atomic E-state index is 11.9. The van der Waals surface area contributed by atoms with Crippen LogP contribution in [0.2, 0.25) is 0 Å². The molecule has 0 N–H and O–H groups in total. The van der Waals surface area contributed by atoms with E-state index >= 15 is 0 Å². The van der Waals surface area contributed by atoms with Crippen LogP contribution in [0.25, 0.3) is 0 Å². The highest BCUT2D eigenvalue weighted by Crippen LogP contribution is 2.27. The minimum atomic E-state index is -0.290. The predicted molar refractivity (Wildman–Crippen MR) is 59.3 cm³/mol. The van der Waals surface area contributed by atoms with Gasteiger partial charge >= 0.3 is 0 Å². The molecule has 0 heterocycles. The average Bonchev–Trinajstić information content (AvgIpc) is 1.79. The van der Waals surface area contributed by atoms with E-state index in [-0.39, 0.29) is 22.7 Å². The fraction of sp³-hybridized carbons (Fsp3) is 0.917. The maximum atomic E-state index is 11.9. The largest absolute Gasteiger partial charge is 0.373 e. The van der Waals surface area contributed by atoms with Crippen LogP contribution in [0.4, 0.5) is 0 Å². The van der Waals surface area contributed by atoms with E-state index in [1.165, 1.54) is 0 Å². The highest BCUT2D eigenvalue weighted by molar-refractivity contribution is 5.84. The van der Waals surface area contributed by atoms with Crippen LogP contribution >= 0.6 is 0 Å². The molecule has 14 heavy (non-hydrogen) atoms. The van der Waals surface area contributed by atoms with Gasteiger partial charge in [0, 0.05) is 13.5 Å². The lowest BCUT2D eigenvalue weighted by molar-refractivity contribution is -0.136. The van der Waals surface area contributed by atoms with Crippen molar-refractivity contribution in [1.82, 2.24) is 0 Å². The topological polar surface area (TPSA) is 26.3 Å². The first-order chi connectivity index (χ1) is 6.08. The summed E-state index contributed by atoms with van der Waals surface area (Å²) < 4.78 is 5.27. The Hall–Kier alpha value is -0.370. The van der Waals surface area contributed by atoms with Crippen LogP contribution in [0.3, 0.4) is 0 Å². The first-order valence-electron chi connectivity index (χ1n) is 5.13. The summed E-state index contributed by atoms with van der Waals surface area (Å²) in [6, 6.07) is 0. The van der Waals surface area contributed by atoms with Gasteiger partial charge in [0.2, 0.25) is 0 Å². The second kappa shape index (κ2) is 4.43. The number of carbonyl (C=O) groups is 1. The zero-order valence-electron chi connectivity index (χ0n) is 10.6. The molecule has 0 saturated heterocycles. The summed E-state index contributed by atoms with van der Waals surface area (Å²) in [5.74, 6) is 0.201. The van der Waals surface area contributed by atoms with Gasteiger partial charge < -0.3 is 4.74 Å². The lowest BCUT2D eigenvalue weighted by Crippen LogP contribution is -2.37. The lowest BCUT2D eigenvalue weighted by Gasteiger charge is -2.30.